The minimum Gasteiger partial charge on any atom is -0.492 e. The third-order valence-electron chi connectivity index (χ3n) is 2.89. The number of rotatable bonds is 2. The zero-order chi connectivity index (χ0) is 13.4. The number of benzene rings is 2. The topological polar surface area (TPSA) is 74.2 Å². The first-order valence-electron chi connectivity index (χ1n) is 5.78. The maximum Gasteiger partial charge on any atom is 0.164 e. The van der Waals surface area contributed by atoms with Gasteiger partial charge in [0, 0.05) is 5.56 Å². The number of hydrogen-bond donors (Lipinski definition) is 2. The average Bonchev–Trinajstić information content (AvgIpc) is 2.82. The molecule has 0 aliphatic rings. The quantitative estimate of drug-likeness (QED) is 0.702. The lowest BCUT2D eigenvalue weighted by molar-refractivity contribution is 0.419. The molecule has 96 valence electrons. The van der Waals surface area contributed by atoms with Crippen molar-refractivity contribution < 1.29 is 4.74 Å². The van der Waals surface area contributed by atoms with E-state index in [9.17, 15) is 0 Å². The molecule has 0 spiro atoms. The molecule has 2 aromatic carbocycles. The smallest absolute Gasteiger partial charge is 0.164 e. The van der Waals surface area contributed by atoms with E-state index in [2.05, 4.69) is 4.98 Å². The lowest BCUT2D eigenvalue weighted by atomic mass is 10.1. The fourth-order valence-corrected chi connectivity index (χ4v) is 2.98. The number of thiazole rings is 1. The van der Waals surface area contributed by atoms with Gasteiger partial charge in [0.25, 0.3) is 0 Å². The van der Waals surface area contributed by atoms with E-state index in [0.29, 0.717) is 17.1 Å². The standard InChI is InChI=1S/C14H13N3OS/c1-18-13-9(15)6-8(7-10(13)16)14-17-11-4-2-3-5-12(11)19-14/h2-7H,15-16H2,1H3. The summed E-state index contributed by atoms with van der Waals surface area (Å²) in [5.41, 5.74) is 14.8. The van der Waals surface area contributed by atoms with Crippen molar-refractivity contribution in [2.45, 2.75) is 0 Å². The molecule has 0 atom stereocenters. The lowest BCUT2D eigenvalue weighted by Gasteiger charge is -2.09. The van der Waals surface area contributed by atoms with E-state index in [1.54, 1.807) is 18.4 Å². The highest BCUT2D eigenvalue weighted by Gasteiger charge is 2.11. The summed E-state index contributed by atoms with van der Waals surface area (Å²) in [6, 6.07) is 11.7. The molecule has 0 fully saturated rings. The van der Waals surface area contributed by atoms with Gasteiger partial charge in [-0.2, -0.15) is 0 Å². The molecule has 0 radical (unpaired) electrons. The van der Waals surface area contributed by atoms with Gasteiger partial charge in [0.05, 0.1) is 28.7 Å². The Morgan fingerprint density at radius 3 is 2.42 bits per heavy atom. The molecule has 4 nitrogen and oxygen atoms in total. The number of nitrogen functional groups attached to an aromatic ring is 2. The minimum absolute atomic E-state index is 0.518. The van der Waals surface area contributed by atoms with E-state index < -0.39 is 0 Å². The van der Waals surface area contributed by atoms with Gasteiger partial charge in [-0.3, -0.25) is 0 Å². The fraction of sp³-hybridized carbons (Fsp3) is 0.0714. The number of hydrogen-bond acceptors (Lipinski definition) is 5. The zero-order valence-corrected chi connectivity index (χ0v) is 11.2. The second-order valence-corrected chi connectivity index (χ2v) is 5.21. The van der Waals surface area contributed by atoms with Gasteiger partial charge >= 0.3 is 0 Å². The van der Waals surface area contributed by atoms with Crippen LogP contribution in [-0.2, 0) is 0 Å². The molecule has 5 heteroatoms. The number of ether oxygens (including phenoxy) is 1. The molecule has 0 bridgehead atoms. The third kappa shape index (κ3) is 1.98. The van der Waals surface area contributed by atoms with Crippen LogP contribution in [0.5, 0.6) is 5.75 Å². The summed E-state index contributed by atoms with van der Waals surface area (Å²) in [5, 5.41) is 0.905. The summed E-state index contributed by atoms with van der Waals surface area (Å²) in [4.78, 5) is 4.59. The van der Waals surface area contributed by atoms with Crippen LogP contribution in [-0.4, -0.2) is 12.1 Å². The summed E-state index contributed by atoms with van der Waals surface area (Å²) in [5.74, 6) is 0.518. The Hall–Kier alpha value is -2.27. The van der Waals surface area contributed by atoms with E-state index in [0.717, 1.165) is 20.8 Å². The normalized spacial score (nSPS) is 10.8. The summed E-state index contributed by atoms with van der Waals surface area (Å²) in [6.45, 7) is 0. The molecule has 0 amide bonds. The predicted molar refractivity (Wildman–Crippen MR) is 80.4 cm³/mol. The van der Waals surface area contributed by atoms with Crippen molar-refractivity contribution in [3.63, 3.8) is 0 Å². The second kappa shape index (κ2) is 4.44. The Balaban J connectivity index is 2.16. The second-order valence-electron chi connectivity index (χ2n) is 4.17. The van der Waals surface area contributed by atoms with Crippen molar-refractivity contribution in [2.24, 2.45) is 0 Å². The van der Waals surface area contributed by atoms with Crippen LogP contribution < -0.4 is 16.2 Å². The molecule has 1 aromatic heterocycles. The molecule has 0 unspecified atom stereocenters. The van der Waals surface area contributed by atoms with Crippen molar-refractivity contribution in [2.75, 3.05) is 18.6 Å². The summed E-state index contributed by atoms with van der Waals surface area (Å²) >= 11 is 1.62. The van der Waals surface area contributed by atoms with Crippen molar-refractivity contribution >= 4 is 32.9 Å². The molecule has 0 saturated carbocycles. The van der Waals surface area contributed by atoms with Crippen LogP contribution >= 0.6 is 11.3 Å². The Kier molecular flexibility index (Phi) is 2.76. The van der Waals surface area contributed by atoms with Crippen LogP contribution in [0.3, 0.4) is 0 Å². The van der Waals surface area contributed by atoms with Gasteiger partial charge in [-0.25, -0.2) is 4.98 Å². The molecule has 0 aliphatic carbocycles. The number of fused-ring (bicyclic) bond motifs is 1. The Labute approximate surface area is 114 Å². The van der Waals surface area contributed by atoms with Crippen LogP contribution in [0, 0.1) is 0 Å². The highest BCUT2D eigenvalue weighted by atomic mass is 32.1. The molecule has 0 saturated heterocycles. The van der Waals surface area contributed by atoms with Crippen LogP contribution in [0.1, 0.15) is 0 Å². The first-order valence-corrected chi connectivity index (χ1v) is 6.59. The van der Waals surface area contributed by atoms with E-state index in [-0.39, 0.29) is 0 Å². The number of nitrogens with zero attached hydrogens (tertiary/aromatic N) is 1. The summed E-state index contributed by atoms with van der Waals surface area (Å²) < 4.78 is 6.30. The number of aromatic nitrogens is 1. The van der Waals surface area contributed by atoms with Crippen molar-refractivity contribution in [3.05, 3.63) is 36.4 Å². The minimum atomic E-state index is 0.518. The molecule has 1 heterocycles. The molecule has 3 rings (SSSR count). The molecule has 3 aromatic rings. The molecular formula is C14H13N3OS. The lowest BCUT2D eigenvalue weighted by Crippen LogP contribution is -1.98. The molecular weight excluding hydrogens is 258 g/mol. The largest absolute Gasteiger partial charge is 0.492 e. The van der Waals surface area contributed by atoms with Gasteiger partial charge in [-0.15, -0.1) is 11.3 Å². The van der Waals surface area contributed by atoms with E-state index in [1.807, 2.05) is 36.4 Å². The van der Waals surface area contributed by atoms with Gasteiger partial charge in [0.15, 0.2) is 5.75 Å². The SMILES string of the molecule is COc1c(N)cc(-c2nc3ccccc3s2)cc1N. The van der Waals surface area contributed by atoms with Gasteiger partial charge < -0.3 is 16.2 Å². The van der Waals surface area contributed by atoms with Gasteiger partial charge in [-0.1, -0.05) is 12.1 Å². The first kappa shape index (κ1) is 11.8. The van der Waals surface area contributed by atoms with Crippen LogP contribution in [0.25, 0.3) is 20.8 Å². The summed E-state index contributed by atoms with van der Waals surface area (Å²) in [7, 11) is 1.55. The highest BCUT2D eigenvalue weighted by Crippen LogP contribution is 2.37. The van der Waals surface area contributed by atoms with E-state index >= 15 is 0 Å². The first-order chi connectivity index (χ1) is 9.19. The number of para-hydroxylation sites is 1. The molecule has 4 N–H and O–H groups in total. The van der Waals surface area contributed by atoms with Gasteiger partial charge in [-0.05, 0) is 24.3 Å². The van der Waals surface area contributed by atoms with Crippen LogP contribution in [0.4, 0.5) is 11.4 Å². The highest BCUT2D eigenvalue weighted by molar-refractivity contribution is 7.21. The van der Waals surface area contributed by atoms with Crippen LogP contribution in [0.15, 0.2) is 36.4 Å². The van der Waals surface area contributed by atoms with E-state index in [4.69, 9.17) is 16.2 Å². The van der Waals surface area contributed by atoms with Gasteiger partial charge in [0.1, 0.15) is 5.01 Å². The Morgan fingerprint density at radius 1 is 1.11 bits per heavy atom. The van der Waals surface area contributed by atoms with Crippen molar-refractivity contribution in [1.82, 2.24) is 4.98 Å². The summed E-state index contributed by atoms with van der Waals surface area (Å²) in [6.07, 6.45) is 0. The Morgan fingerprint density at radius 2 is 1.79 bits per heavy atom. The predicted octanol–water partition coefficient (Wildman–Crippen LogP) is 3.14. The van der Waals surface area contributed by atoms with Crippen LogP contribution in [0.2, 0.25) is 0 Å². The van der Waals surface area contributed by atoms with E-state index in [1.165, 1.54) is 0 Å². The van der Waals surface area contributed by atoms with Gasteiger partial charge in [0.2, 0.25) is 0 Å². The maximum atomic E-state index is 5.94. The zero-order valence-electron chi connectivity index (χ0n) is 10.4. The fourth-order valence-electron chi connectivity index (χ4n) is 2.03. The van der Waals surface area contributed by atoms with Crippen molar-refractivity contribution in [1.29, 1.82) is 0 Å². The Bertz CT molecular complexity index is 695. The average molecular weight is 271 g/mol. The number of methoxy groups -OCH3 is 1. The third-order valence-corrected chi connectivity index (χ3v) is 3.98. The number of nitrogens with two attached hydrogens (primary N) is 2. The maximum absolute atomic E-state index is 5.94. The number of anilines is 2. The van der Waals surface area contributed by atoms with Crippen molar-refractivity contribution in [3.8, 4) is 16.3 Å². The monoisotopic (exact) mass is 271 g/mol. The molecule has 0 aliphatic heterocycles. The molecule has 19 heavy (non-hydrogen) atoms.